The predicted molar refractivity (Wildman–Crippen MR) is 99.8 cm³/mol. The van der Waals surface area contributed by atoms with Gasteiger partial charge in [0, 0.05) is 22.0 Å². The summed E-state index contributed by atoms with van der Waals surface area (Å²) in [6.45, 7) is 0. The number of hydrogen-bond acceptors (Lipinski definition) is 4. The van der Waals surface area contributed by atoms with E-state index in [0.717, 1.165) is 44.3 Å². The molecule has 7 heteroatoms. The molecule has 0 N–H and O–H groups in total. The van der Waals surface area contributed by atoms with Crippen LogP contribution in [0.3, 0.4) is 0 Å². The Labute approximate surface area is 157 Å². The summed E-state index contributed by atoms with van der Waals surface area (Å²) in [7, 11) is 0. The predicted octanol–water partition coefficient (Wildman–Crippen LogP) is 4.99. The molecule has 0 saturated heterocycles. The Hall–Kier alpha value is -2.28. The Morgan fingerprint density at radius 3 is 2.92 bits per heavy atom. The van der Waals surface area contributed by atoms with Crippen molar-refractivity contribution in [2.75, 3.05) is 0 Å². The van der Waals surface area contributed by atoms with E-state index in [2.05, 4.69) is 36.7 Å². The van der Waals surface area contributed by atoms with E-state index >= 15 is 0 Å². The van der Waals surface area contributed by atoms with Crippen molar-refractivity contribution in [3.05, 3.63) is 52.7 Å². The molecule has 5 nitrogen and oxygen atoms in total. The molecule has 0 unspecified atom stereocenters. The molecule has 0 amide bonds. The Kier molecular flexibility index (Phi) is 3.77. The van der Waals surface area contributed by atoms with Crippen molar-refractivity contribution in [2.24, 2.45) is 0 Å². The SMILES string of the molecule is F[C@@H]1CC[C@H](n2c(Cc3ccon3)nc3cnc4ccc(Br)cc4c32)C1. The summed E-state index contributed by atoms with van der Waals surface area (Å²) in [6, 6.07) is 7.96. The second-order valence-corrected chi connectivity index (χ2v) is 7.70. The van der Waals surface area contributed by atoms with Gasteiger partial charge in [-0.1, -0.05) is 21.1 Å². The van der Waals surface area contributed by atoms with Crippen molar-refractivity contribution in [1.29, 1.82) is 0 Å². The lowest BCUT2D eigenvalue weighted by atomic mass is 10.1. The first-order valence-electron chi connectivity index (χ1n) is 8.67. The van der Waals surface area contributed by atoms with Gasteiger partial charge < -0.3 is 9.09 Å². The van der Waals surface area contributed by atoms with Gasteiger partial charge in [0.25, 0.3) is 0 Å². The maximum atomic E-state index is 14.0. The summed E-state index contributed by atoms with van der Waals surface area (Å²) < 4.78 is 22.1. The topological polar surface area (TPSA) is 56.7 Å². The second-order valence-electron chi connectivity index (χ2n) is 6.78. The van der Waals surface area contributed by atoms with Crippen molar-refractivity contribution < 1.29 is 8.91 Å². The zero-order valence-corrected chi connectivity index (χ0v) is 15.5. The second kappa shape index (κ2) is 6.16. The summed E-state index contributed by atoms with van der Waals surface area (Å²) in [5.41, 5.74) is 3.57. The van der Waals surface area contributed by atoms with Crippen molar-refractivity contribution in [1.82, 2.24) is 19.7 Å². The van der Waals surface area contributed by atoms with Crippen molar-refractivity contribution in [3.63, 3.8) is 0 Å². The highest BCUT2D eigenvalue weighted by molar-refractivity contribution is 9.10. The lowest BCUT2D eigenvalue weighted by Gasteiger charge is -2.17. The normalized spacial score (nSPS) is 20.4. The van der Waals surface area contributed by atoms with Gasteiger partial charge in [-0.05, 0) is 37.5 Å². The van der Waals surface area contributed by atoms with E-state index in [1.54, 1.807) is 12.5 Å². The molecule has 26 heavy (non-hydrogen) atoms. The van der Waals surface area contributed by atoms with Crippen LogP contribution >= 0.6 is 15.9 Å². The van der Waals surface area contributed by atoms with E-state index < -0.39 is 6.17 Å². The van der Waals surface area contributed by atoms with Crippen molar-refractivity contribution in [3.8, 4) is 0 Å². The van der Waals surface area contributed by atoms with E-state index in [-0.39, 0.29) is 6.04 Å². The van der Waals surface area contributed by atoms with E-state index in [1.165, 1.54) is 0 Å². The molecule has 0 bridgehead atoms. The fourth-order valence-corrected chi connectivity index (χ4v) is 4.31. The first kappa shape index (κ1) is 15.9. The average Bonchev–Trinajstić information content (AvgIpc) is 3.35. The molecule has 4 aromatic rings. The molecule has 0 radical (unpaired) electrons. The van der Waals surface area contributed by atoms with Crippen LogP contribution in [0.25, 0.3) is 21.9 Å². The molecule has 1 aliphatic rings. The van der Waals surface area contributed by atoms with Gasteiger partial charge >= 0.3 is 0 Å². The maximum absolute atomic E-state index is 14.0. The fourth-order valence-electron chi connectivity index (χ4n) is 3.94. The van der Waals surface area contributed by atoms with Gasteiger partial charge in [0.05, 0.1) is 29.3 Å². The largest absolute Gasteiger partial charge is 0.364 e. The third kappa shape index (κ3) is 2.61. The zero-order valence-electron chi connectivity index (χ0n) is 13.9. The number of nitrogens with zero attached hydrogens (tertiary/aromatic N) is 4. The van der Waals surface area contributed by atoms with E-state index in [9.17, 15) is 4.39 Å². The first-order valence-corrected chi connectivity index (χ1v) is 9.47. The van der Waals surface area contributed by atoms with Crippen LogP contribution in [0, 0.1) is 0 Å². The van der Waals surface area contributed by atoms with Gasteiger partial charge in [-0.3, -0.25) is 4.98 Å². The Balaban J connectivity index is 1.77. The first-order chi connectivity index (χ1) is 12.7. The molecule has 1 aromatic carbocycles. The van der Waals surface area contributed by atoms with Gasteiger partial charge in [-0.2, -0.15) is 0 Å². The number of rotatable bonds is 3. The third-order valence-corrected chi connectivity index (χ3v) is 5.58. The maximum Gasteiger partial charge on any atom is 0.124 e. The van der Waals surface area contributed by atoms with Crippen LogP contribution in [0.1, 0.15) is 36.8 Å². The lowest BCUT2D eigenvalue weighted by Crippen LogP contribution is -2.11. The number of aromatic nitrogens is 4. The van der Waals surface area contributed by atoms with Gasteiger partial charge in [0.1, 0.15) is 23.8 Å². The highest BCUT2D eigenvalue weighted by Gasteiger charge is 2.29. The van der Waals surface area contributed by atoms with Crippen LogP contribution in [-0.4, -0.2) is 25.9 Å². The van der Waals surface area contributed by atoms with Gasteiger partial charge in [0.2, 0.25) is 0 Å². The van der Waals surface area contributed by atoms with Gasteiger partial charge in [-0.15, -0.1) is 0 Å². The smallest absolute Gasteiger partial charge is 0.124 e. The number of halogens is 2. The fraction of sp³-hybridized carbons (Fsp3) is 0.316. The molecule has 1 fully saturated rings. The number of alkyl halides is 1. The molecular formula is C19H16BrFN4O. The summed E-state index contributed by atoms with van der Waals surface area (Å²) in [4.78, 5) is 9.36. The van der Waals surface area contributed by atoms with Crippen molar-refractivity contribution >= 4 is 37.9 Å². The molecule has 2 atom stereocenters. The zero-order chi connectivity index (χ0) is 17.7. The molecule has 5 rings (SSSR count). The van der Waals surface area contributed by atoms with Crippen LogP contribution in [-0.2, 0) is 6.42 Å². The van der Waals surface area contributed by atoms with Crippen LogP contribution in [0.5, 0.6) is 0 Å². The van der Waals surface area contributed by atoms with Crippen LogP contribution in [0.4, 0.5) is 4.39 Å². The monoisotopic (exact) mass is 414 g/mol. The summed E-state index contributed by atoms with van der Waals surface area (Å²) in [5.74, 6) is 0.877. The van der Waals surface area contributed by atoms with Crippen molar-refractivity contribution in [2.45, 2.75) is 37.9 Å². The summed E-state index contributed by atoms with van der Waals surface area (Å²) >= 11 is 3.55. The molecule has 0 spiro atoms. The quantitative estimate of drug-likeness (QED) is 0.473. The number of hydrogen-bond donors (Lipinski definition) is 0. The Morgan fingerprint density at radius 1 is 1.23 bits per heavy atom. The highest BCUT2D eigenvalue weighted by Crippen LogP contribution is 2.38. The molecule has 3 aromatic heterocycles. The summed E-state index contributed by atoms with van der Waals surface area (Å²) in [6.07, 6.45) is 5.09. The van der Waals surface area contributed by atoms with E-state index in [4.69, 9.17) is 9.51 Å². The third-order valence-electron chi connectivity index (χ3n) is 5.09. The van der Waals surface area contributed by atoms with Gasteiger partial charge in [0.15, 0.2) is 0 Å². The highest BCUT2D eigenvalue weighted by atomic mass is 79.9. The molecule has 1 aliphatic carbocycles. The number of fused-ring (bicyclic) bond motifs is 3. The minimum atomic E-state index is -0.753. The molecule has 1 saturated carbocycles. The standard InChI is InChI=1S/C19H16BrFN4O/c20-11-1-4-16-15(7-11)19-17(10-22-16)23-18(9-13-5-6-26-24-13)25(19)14-3-2-12(21)8-14/h1,4-7,10,12,14H,2-3,8-9H2/t12-,14+/m1/s1. The lowest BCUT2D eigenvalue weighted by molar-refractivity contribution is 0.330. The van der Waals surface area contributed by atoms with Crippen LogP contribution in [0.2, 0.25) is 0 Å². The molecule has 132 valence electrons. The summed E-state index contributed by atoms with van der Waals surface area (Å²) in [5, 5.41) is 5.04. The Morgan fingerprint density at radius 2 is 2.15 bits per heavy atom. The van der Waals surface area contributed by atoms with Gasteiger partial charge in [-0.25, -0.2) is 9.37 Å². The molecule has 3 heterocycles. The average molecular weight is 415 g/mol. The van der Waals surface area contributed by atoms with Crippen LogP contribution < -0.4 is 0 Å². The molecule has 0 aliphatic heterocycles. The minimum absolute atomic E-state index is 0.0986. The van der Waals surface area contributed by atoms with Crippen LogP contribution in [0.15, 0.2) is 45.7 Å². The number of imidazole rings is 1. The number of pyridine rings is 1. The Bertz CT molecular complexity index is 1090. The minimum Gasteiger partial charge on any atom is -0.364 e. The number of benzene rings is 1. The molecular weight excluding hydrogens is 399 g/mol. The van der Waals surface area contributed by atoms with E-state index in [0.29, 0.717) is 19.3 Å². The van der Waals surface area contributed by atoms with E-state index in [1.807, 2.05) is 18.2 Å².